The Morgan fingerprint density at radius 2 is 1.34 bits per heavy atom. The van der Waals surface area contributed by atoms with E-state index < -0.39 is 23.6 Å². The molecule has 44 heavy (non-hydrogen) atoms. The van der Waals surface area contributed by atoms with E-state index >= 15 is 0 Å². The zero-order valence-corrected chi connectivity index (χ0v) is 24.0. The average Bonchev–Trinajstić information content (AvgIpc) is 3.02. The van der Waals surface area contributed by atoms with Crippen molar-refractivity contribution in [3.63, 3.8) is 0 Å². The second kappa shape index (κ2) is 14.8. The Balaban J connectivity index is 1.70. The van der Waals surface area contributed by atoms with Gasteiger partial charge in [-0.15, -0.1) is 0 Å². The summed E-state index contributed by atoms with van der Waals surface area (Å²) in [4.78, 5) is 18.2. The molecule has 0 aromatic heterocycles. The first-order chi connectivity index (χ1) is 21.2. The fourth-order valence-electron chi connectivity index (χ4n) is 4.84. The van der Waals surface area contributed by atoms with Crippen molar-refractivity contribution < 1.29 is 45.2 Å². The van der Waals surface area contributed by atoms with Gasteiger partial charge in [0.1, 0.15) is 40.1 Å². The fourth-order valence-corrected chi connectivity index (χ4v) is 4.84. The van der Waals surface area contributed by atoms with Gasteiger partial charge >= 0.3 is 0 Å². The minimum absolute atomic E-state index is 0.0346. The molecule has 0 saturated carbocycles. The largest absolute Gasteiger partial charge is 0.508 e. The van der Waals surface area contributed by atoms with Gasteiger partial charge in [-0.3, -0.25) is 10.1 Å². The summed E-state index contributed by atoms with van der Waals surface area (Å²) in [6.45, 7) is 0. The van der Waals surface area contributed by atoms with Crippen molar-refractivity contribution >= 4 is 17.9 Å². The molecule has 4 aromatic carbocycles. The number of phenols is 5. The van der Waals surface area contributed by atoms with E-state index in [0.717, 1.165) is 11.1 Å². The van der Waals surface area contributed by atoms with Crippen LogP contribution in [-0.2, 0) is 11.3 Å². The van der Waals surface area contributed by atoms with Gasteiger partial charge in [0.25, 0.3) is 0 Å². The molecule has 0 saturated heterocycles. The van der Waals surface area contributed by atoms with E-state index in [9.17, 15) is 35.6 Å². The first-order valence-corrected chi connectivity index (χ1v) is 13.9. The van der Waals surface area contributed by atoms with Crippen LogP contribution in [-0.4, -0.2) is 49.8 Å². The van der Waals surface area contributed by atoms with E-state index in [1.54, 1.807) is 60.7 Å². The lowest BCUT2D eigenvalue weighted by Gasteiger charge is -2.23. The number of benzene rings is 4. The van der Waals surface area contributed by atoms with Crippen molar-refractivity contribution in [1.29, 1.82) is 0 Å². The van der Waals surface area contributed by atoms with Gasteiger partial charge < -0.3 is 30.3 Å². The topological polar surface area (TPSA) is 157 Å². The second-order valence-corrected chi connectivity index (χ2v) is 10.2. The van der Waals surface area contributed by atoms with Crippen LogP contribution in [0.25, 0.3) is 12.2 Å². The molecule has 0 spiro atoms. The van der Waals surface area contributed by atoms with Gasteiger partial charge in [-0.1, -0.05) is 54.6 Å². The Kier molecular flexibility index (Phi) is 10.6. The second-order valence-electron chi connectivity index (χ2n) is 10.2. The van der Waals surface area contributed by atoms with Crippen LogP contribution in [0.5, 0.6) is 34.5 Å². The number of hydrogen-bond donors (Lipinski definition) is 6. The molecule has 0 heterocycles. The summed E-state index contributed by atoms with van der Waals surface area (Å²) in [7, 11) is 1.31. The molecule has 0 fully saturated rings. The number of carbonyl (C=O) groups excluding carboxylic acids is 1. The maximum Gasteiger partial charge on any atom is 0.193 e. The first-order valence-electron chi connectivity index (χ1n) is 13.9. The van der Waals surface area contributed by atoms with Crippen molar-refractivity contribution in [3.8, 4) is 34.5 Å². The quantitative estimate of drug-likeness (QED) is 0.0422. The molecule has 2 atom stereocenters. The summed E-state index contributed by atoms with van der Waals surface area (Å²) in [5.74, 6) is -1.88. The number of carbonyl (C=O) groups is 1. The summed E-state index contributed by atoms with van der Waals surface area (Å²) < 4.78 is 5.34. The van der Waals surface area contributed by atoms with E-state index in [0.29, 0.717) is 18.4 Å². The Bertz CT molecular complexity index is 1610. The summed E-state index contributed by atoms with van der Waals surface area (Å²) in [5.41, 5.74) is 2.14. The standard InChI is InChI=1S/C35H34O9/c1-43-32-21-31(40)33(35(41)34(32)30(39)19-10-24-7-16-28(38)17-8-24)25(11-2-22-3-12-26(36)13-4-22)20-29(44-42)18-9-23-5-14-27(37)15-6-23/h2-8,10-17,19,21,25,29,36-38,40-42H,9,18,20H2,1H3/b11-2+,19-10+/t25-,29-/m0/s1. The molecule has 6 N–H and O–H groups in total. The minimum atomic E-state index is -0.751. The van der Waals surface area contributed by atoms with Crippen LogP contribution in [0.4, 0.5) is 0 Å². The van der Waals surface area contributed by atoms with Gasteiger partial charge in [0.15, 0.2) is 5.78 Å². The molecule has 4 rings (SSSR count). The number of allylic oxidation sites excluding steroid dienone is 2. The highest BCUT2D eigenvalue weighted by Crippen LogP contribution is 2.45. The predicted octanol–water partition coefficient (Wildman–Crippen LogP) is 6.80. The lowest BCUT2D eigenvalue weighted by molar-refractivity contribution is -0.281. The summed E-state index contributed by atoms with van der Waals surface area (Å²) in [6, 6.07) is 20.5. The molecule has 9 heteroatoms. The zero-order valence-electron chi connectivity index (χ0n) is 24.0. The number of ketones is 1. The van der Waals surface area contributed by atoms with Gasteiger partial charge in [-0.25, -0.2) is 4.89 Å². The summed E-state index contributed by atoms with van der Waals surface area (Å²) in [5, 5.41) is 61.1. The number of aromatic hydroxyl groups is 5. The van der Waals surface area contributed by atoms with E-state index in [2.05, 4.69) is 0 Å². The first kappa shape index (κ1) is 31.7. The molecule has 0 unspecified atom stereocenters. The Hall–Kier alpha value is -5.25. The molecule has 0 aliphatic heterocycles. The smallest absolute Gasteiger partial charge is 0.193 e. The van der Waals surface area contributed by atoms with Crippen molar-refractivity contribution in [2.75, 3.05) is 7.11 Å². The Morgan fingerprint density at radius 3 is 1.89 bits per heavy atom. The minimum Gasteiger partial charge on any atom is -0.508 e. The number of aryl methyl sites for hydroxylation is 1. The molecular formula is C35H34O9. The Labute approximate surface area is 254 Å². The van der Waals surface area contributed by atoms with Gasteiger partial charge in [0, 0.05) is 17.5 Å². The molecule has 0 amide bonds. The fraction of sp³-hybridized carbons (Fsp3) is 0.171. The number of methoxy groups -OCH3 is 1. The van der Waals surface area contributed by atoms with Crippen LogP contribution in [0, 0.1) is 0 Å². The lowest BCUT2D eigenvalue weighted by Crippen LogP contribution is -2.16. The van der Waals surface area contributed by atoms with Crippen molar-refractivity contribution in [2.45, 2.75) is 31.3 Å². The van der Waals surface area contributed by atoms with Crippen LogP contribution >= 0.6 is 0 Å². The maximum absolute atomic E-state index is 13.4. The molecule has 0 aliphatic rings. The van der Waals surface area contributed by atoms with Crippen LogP contribution < -0.4 is 4.74 Å². The van der Waals surface area contributed by atoms with Crippen molar-refractivity contribution in [2.24, 2.45) is 0 Å². The number of phenolic OH excluding ortho intramolecular Hbond substituents is 5. The van der Waals surface area contributed by atoms with Crippen LogP contribution in [0.3, 0.4) is 0 Å². The number of hydrogen-bond acceptors (Lipinski definition) is 9. The van der Waals surface area contributed by atoms with Gasteiger partial charge in [-0.05, 0) is 78.4 Å². The molecule has 0 bridgehead atoms. The molecule has 4 aromatic rings. The highest BCUT2D eigenvalue weighted by Gasteiger charge is 2.28. The summed E-state index contributed by atoms with van der Waals surface area (Å²) in [6.07, 6.45) is 6.45. The van der Waals surface area contributed by atoms with Gasteiger partial charge in [0.05, 0.1) is 13.2 Å². The monoisotopic (exact) mass is 598 g/mol. The molecule has 228 valence electrons. The van der Waals surface area contributed by atoms with Crippen molar-refractivity contribution in [1.82, 2.24) is 0 Å². The van der Waals surface area contributed by atoms with E-state index in [1.807, 2.05) is 0 Å². The van der Waals surface area contributed by atoms with Crippen molar-refractivity contribution in [3.05, 3.63) is 119 Å². The predicted molar refractivity (Wildman–Crippen MR) is 166 cm³/mol. The highest BCUT2D eigenvalue weighted by molar-refractivity contribution is 6.11. The van der Waals surface area contributed by atoms with E-state index in [-0.39, 0.29) is 46.3 Å². The Morgan fingerprint density at radius 1 is 0.795 bits per heavy atom. The zero-order chi connectivity index (χ0) is 31.6. The average molecular weight is 599 g/mol. The van der Waals surface area contributed by atoms with Gasteiger partial charge in [-0.2, -0.15) is 0 Å². The number of rotatable bonds is 13. The van der Waals surface area contributed by atoms with Crippen LogP contribution in [0.15, 0.2) is 91.0 Å². The molecule has 9 nitrogen and oxygen atoms in total. The molecule has 0 aliphatic carbocycles. The van der Waals surface area contributed by atoms with Crippen LogP contribution in [0.2, 0.25) is 0 Å². The third-order valence-corrected chi connectivity index (χ3v) is 7.21. The molecular weight excluding hydrogens is 564 g/mol. The van der Waals surface area contributed by atoms with Gasteiger partial charge in [0.2, 0.25) is 0 Å². The van der Waals surface area contributed by atoms with E-state index in [4.69, 9.17) is 9.62 Å². The highest BCUT2D eigenvalue weighted by atomic mass is 17.1. The maximum atomic E-state index is 13.4. The molecule has 0 radical (unpaired) electrons. The van der Waals surface area contributed by atoms with Crippen LogP contribution in [0.1, 0.15) is 51.4 Å². The van der Waals surface area contributed by atoms with E-state index in [1.165, 1.54) is 49.6 Å². The third-order valence-electron chi connectivity index (χ3n) is 7.21. The summed E-state index contributed by atoms with van der Waals surface area (Å²) >= 11 is 0. The normalized spacial score (nSPS) is 12.9. The SMILES string of the molecule is COc1cc(O)c([C@@H](/C=C/c2ccc(O)cc2)C[C@H](CCc2ccc(O)cc2)OO)c(O)c1C(=O)/C=C/c1ccc(O)cc1. The third kappa shape index (κ3) is 8.19. The number of ether oxygens (including phenoxy) is 1. The lowest BCUT2D eigenvalue weighted by atomic mass is 9.87.